The Morgan fingerprint density at radius 3 is 3.00 bits per heavy atom. The van der Waals surface area contributed by atoms with Crippen LogP contribution >= 0.6 is 11.8 Å². The van der Waals surface area contributed by atoms with Crippen LogP contribution in [0.15, 0.2) is 0 Å². The van der Waals surface area contributed by atoms with Gasteiger partial charge in [0.1, 0.15) is 6.04 Å². The largest absolute Gasteiger partial charge is 0.468 e. The maximum Gasteiger partial charge on any atom is 0.322 e. The van der Waals surface area contributed by atoms with Crippen molar-refractivity contribution >= 4 is 17.7 Å². The van der Waals surface area contributed by atoms with E-state index in [0.717, 1.165) is 17.9 Å². The second kappa shape index (κ2) is 3.97. The summed E-state index contributed by atoms with van der Waals surface area (Å²) in [5, 5.41) is 0. The van der Waals surface area contributed by atoms with Crippen molar-refractivity contribution in [3.63, 3.8) is 0 Å². The molecule has 0 saturated carbocycles. The molecule has 0 aromatic heterocycles. The summed E-state index contributed by atoms with van der Waals surface area (Å²) >= 11 is 1.85. The van der Waals surface area contributed by atoms with E-state index in [2.05, 4.69) is 4.74 Å². The summed E-state index contributed by atoms with van der Waals surface area (Å²) in [6, 6.07) is -0.407. The van der Waals surface area contributed by atoms with Gasteiger partial charge in [-0.15, -0.1) is 0 Å². The summed E-state index contributed by atoms with van der Waals surface area (Å²) in [6.45, 7) is 0. The van der Waals surface area contributed by atoms with Gasteiger partial charge in [-0.05, 0) is 23.8 Å². The quantitative estimate of drug-likeness (QED) is 0.611. The highest BCUT2D eigenvalue weighted by Gasteiger charge is 2.28. The van der Waals surface area contributed by atoms with Crippen LogP contribution in [-0.2, 0) is 9.53 Å². The minimum absolute atomic E-state index is 0.280. The lowest BCUT2D eigenvalue weighted by molar-refractivity contribution is -0.143. The first-order valence-corrected chi connectivity index (χ1v) is 4.82. The minimum atomic E-state index is -0.407. The van der Waals surface area contributed by atoms with Crippen molar-refractivity contribution in [2.75, 3.05) is 18.6 Å². The molecule has 0 spiro atoms. The number of ether oxygens (including phenoxy) is 1. The maximum atomic E-state index is 10.9. The lowest BCUT2D eigenvalue weighted by atomic mass is 10.0. The Morgan fingerprint density at radius 2 is 2.55 bits per heavy atom. The third kappa shape index (κ3) is 2.10. The molecule has 11 heavy (non-hydrogen) atoms. The van der Waals surface area contributed by atoms with Gasteiger partial charge in [0.15, 0.2) is 0 Å². The first-order valence-electron chi connectivity index (χ1n) is 3.67. The molecule has 3 nitrogen and oxygen atoms in total. The van der Waals surface area contributed by atoms with Gasteiger partial charge in [-0.1, -0.05) is 0 Å². The van der Waals surface area contributed by atoms with E-state index in [-0.39, 0.29) is 5.97 Å². The highest BCUT2D eigenvalue weighted by atomic mass is 32.2. The van der Waals surface area contributed by atoms with Gasteiger partial charge in [0.25, 0.3) is 0 Å². The number of hydrogen-bond acceptors (Lipinski definition) is 4. The van der Waals surface area contributed by atoms with Crippen LogP contribution in [0.25, 0.3) is 0 Å². The first kappa shape index (κ1) is 8.87. The van der Waals surface area contributed by atoms with Crippen LogP contribution in [0.2, 0.25) is 0 Å². The van der Waals surface area contributed by atoms with Crippen molar-refractivity contribution in [1.29, 1.82) is 0 Å². The molecule has 2 N–H and O–H groups in total. The van der Waals surface area contributed by atoms with Crippen molar-refractivity contribution in [3.8, 4) is 0 Å². The third-order valence-electron chi connectivity index (χ3n) is 1.95. The zero-order valence-corrected chi connectivity index (χ0v) is 7.39. The Kier molecular flexibility index (Phi) is 3.20. The number of thioether (sulfide) groups is 1. The molecule has 0 aromatic rings. The molecule has 1 saturated heterocycles. The normalized spacial score (nSPS) is 26.5. The van der Waals surface area contributed by atoms with E-state index in [1.165, 1.54) is 7.11 Å². The monoisotopic (exact) mass is 175 g/mol. The van der Waals surface area contributed by atoms with Crippen LogP contribution < -0.4 is 5.73 Å². The molecule has 2 unspecified atom stereocenters. The average Bonchev–Trinajstić information content (AvgIpc) is 2.53. The standard InChI is InChI=1S/C7H13NO2S/c1-10-7(9)6(8)5-2-3-11-4-5/h5-6H,2-4,8H2,1H3. The van der Waals surface area contributed by atoms with Crippen LogP contribution in [0, 0.1) is 5.92 Å². The first-order chi connectivity index (χ1) is 5.25. The highest BCUT2D eigenvalue weighted by Crippen LogP contribution is 2.25. The van der Waals surface area contributed by atoms with Gasteiger partial charge in [0, 0.05) is 0 Å². The summed E-state index contributed by atoms with van der Waals surface area (Å²) in [5.74, 6) is 2.16. The molecule has 0 radical (unpaired) electrons. The van der Waals surface area contributed by atoms with E-state index >= 15 is 0 Å². The van der Waals surface area contributed by atoms with Crippen LogP contribution in [0.1, 0.15) is 6.42 Å². The van der Waals surface area contributed by atoms with E-state index in [9.17, 15) is 4.79 Å². The van der Waals surface area contributed by atoms with Crippen molar-refractivity contribution < 1.29 is 9.53 Å². The maximum absolute atomic E-state index is 10.9. The number of carbonyl (C=O) groups is 1. The van der Waals surface area contributed by atoms with Crippen molar-refractivity contribution in [2.45, 2.75) is 12.5 Å². The van der Waals surface area contributed by atoms with E-state index in [1.807, 2.05) is 11.8 Å². The summed E-state index contributed by atoms with van der Waals surface area (Å²) < 4.78 is 4.55. The number of nitrogens with two attached hydrogens (primary N) is 1. The van der Waals surface area contributed by atoms with E-state index in [4.69, 9.17) is 5.73 Å². The van der Waals surface area contributed by atoms with Crippen LogP contribution in [0.5, 0.6) is 0 Å². The predicted molar refractivity (Wildman–Crippen MR) is 45.4 cm³/mol. The SMILES string of the molecule is COC(=O)C(N)C1CCSC1. The van der Waals surface area contributed by atoms with Gasteiger partial charge in [0.2, 0.25) is 0 Å². The van der Waals surface area contributed by atoms with E-state index in [1.54, 1.807) is 0 Å². The lowest BCUT2D eigenvalue weighted by Crippen LogP contribution is -2.38. The van der Waals surface area contributed by atoms with Crippen LogP contribution in [0.3, 0.4) is 0 Å². The molecule has 0 amide bonds. The average molecular weight is 175 g/mol. The molecular weight excluding hydrogens is 162 g/mol. The number of hydrogen-bond donors (Lipinski definition) is 1. The summed E-state index contributed by atoms with van der Waals surface area (Å²) in [7, 11) is 1.38. The molecule has 1 rings (SSSR count). The van der Waals surface area contributed by atoms with Crippen molar-refractivity contribution in [3.05, 3.63) is 0 Å². The fourth-order valence-electron chi connectivity index (χ4n) is 1.16. The molecule has 4 heteroatoms. The number of esters is 1. The molecule has 64 valence electrons. The molecule has 0 aliphatic carbocycles. The van der Waals surface area contributed by atoms with Crippen molar-refractivity contribution in [2.24, 2.45) is 11.7 Å². The zero-order valence-electron chi connectivity index (χ0n) is 6.58. The van der Waals surface area contributed by atoms with Gasteiger partial charge in [0.05, 0.1) is 7.11 Å². The van der Waals surface area contributed by atoms with E-state index in [0.29, 0.717) is 5.92 Å². The number of carbonyl (C=O) groups excluding carboxylic acids is 1. The fourth-order valence-corrected chi connectivity index (χ4v) is 2.48. The van der Waals surface area contributed by atoms with Gasteiger partial charge in [-0.25, -0.2) is 0 Å². The molecule has 1 aliphatic heterocycles. The molecule has 0 bridgehead atoms. The topological polar surface area (TPSA) is 52.3 Å². The Hall–Kier alpha value is -0.220. The van der Waals surface area contributed by atoms with Gasteiger partial charge >= 0.3 is 5.97 Å². The molecule has 1 fully saturated rings. The molecule has 1 aliphatic rings. The van der Waals surface area contributed by atoms with Gasteiger partial charge in [-0.3, -0.25) is 4.79 Å². The predicted octanol–water partition coefficient (Wildman–Crippen LogP) is 0.240. The molecular formula is C7H13NO2S. The van der Waals surface area contributed by atoms with Crippen molar-refractivity contribution in [1.82, 2.24) is 0 Å². The number of methoxy groups -OCH3 is 1. The summed E-state index contributed by atoms with van der Waals surface area (Å²) in [5.41, 5.74) is 5.65. The van der Waals surface area contributed by atoms with Crippen LogP contribution in [0.4, 0.5) is 0 Å². The minimum Gasteiger partial charge on any atom is -0.468 e. The van der Waals surface area contributed by atoms with E-state index < -0.39 is 6.04 Å². The Morgan fingerprint density at radius 1 is 1.82 bits per heavy atom. The van der Waals surface area contributed by atoms with Gasteiger partial charge < -0.3 is 10.5 Å². The summed E-state index contributed by atoms with van der Waals surface area (Å²) in [4.78, 5) is 10.9. The second-order valence-corrected chi connectivity index (χ2v) is 3.82. The Bertz CT molecular complexity index is 145. The Labute approximate surface area is 70.7 Å². The zero-order chi connectivity index (χ0) is 8.27. The smallest absolute Gasteiger partial charge is 0.322 e. The molecule has 1 heterocycles. The number of rotatable bonds is 2. The third-order valence-corrected chi connectivity index (χ3v) is 3.13. The highest BCUT2D eigenvalue weighted by molar-refractivity contribution is 7.99. The molecule has 2 atom stereocenters. The van der Waals surface area contributed by atoms with Crippen LogP contribution in [-0.4, -0.2) is 30.6 Å². The summed E-state index contributed by atoms with van der Waals surface area (Å²) in [6.07, 6.45) is 1.04. The second-order valence-electron chi connectivity index (χ2n) is 2.67. The Balaban J connectivity index is 2.39. The lowest BCUT2D eigenvalue weighted by Gasteiger charge is -2.14. The fraction of sp³-hybridized carbons (Fsp3) is 0.857. The molecule has 0 aromatic carbocycles. The van der Waals surface area contributed by atoms with Gasteiger partial charge in [-0.2, -0.15) is 11.8 Å².